The highest BCUT2D eigenvalue weighted by Gasteiger charge is 2.34. The van der Waals surface area contributed by atoms with E-state index in [-0.39, 0.29) is 42.6 Å². The molecule has 1 aromatic heterocycles. The Balaban J connectivity index is 1.69. The number of nitrogens with zero attached hydrogens (tertiary/aromatic N) is 2. The van der Waals surface area contributed by atoms with Crippen molar-refractivity contribution in [3.05, 3.63) is 83.7 Å². The molecule has 0 saturated carbocycles. The molecule has 1 heterocycles. The van der Waals surface area contributed by atoms with Crippen LogP contribution in [0.2, 0.25) is 0 Å². The predicted octanol–water partition coefficient (Wildman–Crippen LogP) is 5.16. The minimum Gasteiger partial charge on any atom is -0.481 e. The Labute approximate surface area is 250 Å². The van der Waals surface area contributed by atoms with Gasteiger partial charge in [-0.25, -0.2) is 8.42 Å². The van der Waals surface area contributed by atoms with E-state index in [1.54, 1.807) is 0 Å². The first-order valence-electron chi connectivity index (χ1n) is 13.9. The number of hydrogen-bond donors (Lipinski definition) is 3. The average Bonchev–Trinajstić information content (AvgIpc) is 2.95. The van der Waals surface area contributed by atoms with Crippen molar-refractivity contribution < 1.29 is 36.6 Å². The summed E-state index contributed by atoms with van der Waals surface area (Å²) in [6, 6.07) is 15.6. The molecule has 3 rings (SSSR count). The van der Waals surface area contributed by atoms with Gasteiger partial charge in [0, 0.05) is 49.6 Å². The first-order valence-corrected chi connectivity index (χ1v) is 15.3. The summed E-state index contributed by atoms with van der Waals surface area (Å²) in [6.45, 7) is 3.73. The molecule has 8 nitrogen and oxygen atoms in total. The minimum atomic E-state index is -4.82. The van der Waals surface area contributed by atoms with Crippen LogP contribution in [0.3, 0.4) is 0 Å². The quantitative estimate of drug-likeness (QED) is 0.215. The van der Waals surface area contributed by atoms with E-state index in [0.717, 1.165) is 35.7 Å². The zero-order chi connectivity index (χ0) is 31.8. The molecule has 0 spiro atoms. The Hall–Kier alpha value is -3.32. The van der Waals surface area contributed by atoms with Crippen LogP contribution in [-0.4, -0.2) is 65.7 Å². The maximum Gasteiger partial charge on any atom is 0.416 e. The van der Waals surface area contributed by atoms with Crippen molar-refractivity contribution in [1.82, 2.24) is 14.6 Å². The Morgan fingerprint density at radius 3 is 2.33 bits per heavy atom. The third-order valence-electron chi connectivity index (χ3n) is 7.09. The number of carboxylic acid groups (broad SMARTS) is 1. The van der Waals surface area contributed by atoms with Crippen LogP contribution in [-0.2, 0) is 33.8 Å². The van der Waals surface area contributed by atoms with Crippen LogP contribution in [0, 0.1) is 0 Å². The van der Waals surface area contributed by atoms with Crippen LogP contribution in [0.4, 0.5) is 13.2 Å². The van der Waals surface area contributed by atoms with E-state index < -0.39 is 38.7 Å². The van der Waals surface area contributed by atoms with Gasteiger partial charge < -0.3 is 15.5 Å². The average molecular weight is 622 g/mol. The zero-order valence-electron chi connectivity index (χ0n) is 24.4. The molecule has 0 saturated heterocycles. The standard InChI is InChI=1S/C31H38F3N3O5S/c1-30(2,15-7-10-22-8-5-4-6-9-22)36-20-27(38)21-37(3)43(41,42)28-17-24(16-25(18-28)31(32,33)34)23-11-12-26(35-19-23)13-14-29(39)40/h4-6,8-9,11-12,16-19,27,36,38H,7,10,13-15,20-21H2,1-3H3,(H,39,40). The summed E-state index contributed by atoms with van der Waals surface area (Å²) in [6.07, 6.45) is -2.03. The fourth-order valence-corrected chi connectivity index (χ4v) is 5.84. The number of aliphatic carboxylic acids is 1. The molecular formula is C31H38F3N3O5S. The maximum absolute atomic E-state index is 13.8. The van der Waals surface area contributed by atoms with Gasteiger partial charge in [-0.15, -0.1) is 0 Å². The topological polar surface area (TPSA) is 120 Å². The fourth-order valence-electron chi connectivity index (χ4n) is 4.56. The summed E-state index contributed by atoms with van der Waals surface area (Å²) in [4.78, 5) is 14.3. The molecule has 1 unspecified atom stereocenters. The normalized spacial score (nSPS) is 13.3. The molecule has 0 aliphatic heterocycles. The molecule has 0 fully saturated rings. The number of aryl methyl sites for hydroxylation is 2. The Morgan fingerprint density at radius 2 is 1.72 bits per heavy atom. The molecule has 1 atom stereocenters. The van der Waals surface area contributed by atoms with Gasteiger partial charge in [0.25, 0.3) is 0 Å². The van der Waals surface area contributed by atoms with Crippen LogP contribution in [0.15, 0.2) is 71.8 Å². The van der Waals surface area contributed by atoms with Gasteiger partial charge >= 0.3 is 12.1 Å². The lowest BCUT2D eigenvalue weighted by Gasteiger charge is -2.29. The summed E-state index contributed by atoms with van der Waals surface area (Å²) >= 11 is 0. The number of aliphatic hydroxyl groups excluding tert-OH is 1. The number of carbonyl (C=O) groups is 1. The molecule has 0 bridgehead atoms. The summed E-state index contributed by atoms with van der Waals surface area (Å²) in [7, 11) is -3.20. The highest BCUT2D eigenvalue weighted by atomic mass is 32.2. The lowest BCUT2D eigenvalue weighted by molar-refractivity contribution is -0.138. The Kier molecular flexibility index (Phi) is 11.5. The molecule has 3 N–H and O–H groups in total. The molecule has 3 aromatic rings. The van der Waals surface area contributed by atoms with E-state index in [4.69, 9.17) is 5.11 Å². The molecule has 0 amide bonds. The lowest BCUT2D eigenvalue weighted by atomic mass is 9.95. The van der Waals surface area contributed by atoms with Gasteiger partial charge in [-0.2, -0.15) is 17.5 Å². The molecular weight excluding hydrogens is 583 g/mol. The SMILES string of the molecule is CN(CC(O)CNC(C)(C)CCCc1ccccc1)S(=O)(=O)c1cc(-c2ccc(CCC(=O)O)nc2)cc(C(F)(F)F)c1. The van der Waals surface area contributed by atoms with Crippen molar-refractivity contribution in [2.45, 2.75) is 68.7 Å². The molecule has 0 aliphatic carbocycles. The van der Waals surface area contributed by atoms with E-state index >= 15 is 0 Å². The molecule has 43 heavy (non-hydrogen) atoms. The monoisotopic (exact) mass is 621 g/mol. The maximum atomic E-state index is 13.8. The van der Waals surface area contributed by atoms with Gasteiger partial charge in [0.05, 0.1) is 23.0 Å². The number of likely N-dealkylation sites (N-methyl/N-ethyl adjacent to an activating group) is 1. The Morgan fingerprint density at radius 1 is 1.02 bits per heavy atom. The van der Waals surface area contributed by atoms with Crippen molar-refractivity contribution >= 4 is 16.0 Å². The summed E-state index contributed by atoms with van der Waals surface area (Å²) in [5.41, 5.74) is 0.410. The van der Waals surface area contributed by atoms with Crippen molar-refractivity contribution in [2.24, 2.45) is 0 Å². The number of sulfonamides is 1. The van der Waals surface area contributed by atoms with Crippen molar-refractivity contribution in [3.63, 3.8) is 0 Å². The number of aromatic nitrogens is 1. The molecule has 12 heteroatoms. The minimum absolute atomic E-state index is 0.0152. The fraction of sp³-hybridized carbons (Fsp3) is 0.419. The summed E-state index contributed by atoms with van der Waals surface area (Å²) in [5.74, 6) is -1.01. The van der Waals surface area contributed by atoms with Crippen LogP contribution in [0.5, 0.6) is 0 Å². The van der Waals surface area contributed by atoms with Gasteiger partial charge in [0.2, 0.25) is 10.0 Å². The number of aliphatic hydroxyl groups is 1. The lowest BCUT2D eigenvalue weighted by Crippen LogP contribution is -2.46. The summed E-state index contributed by atoms with van der Waals surface area (Å²) in [5, 5.41) is 22.7. The predicted molar refractivity (Wildman–Crippen MR) is 158 cm³/mol. The third-order valence-corrected chi connectivity index (χ3v) is 8.89. The number of rotatable bonds is 15. The third kappa shape index (κ3) is 10.4. The van der Waals surface area contributed by atoms with Gasteiger partial charge in [-0.3, -0.25) is 9.78 Å². The largest absolute Gasteiger partial charge is 0.481 e. The van der Waals surface area contributed by atoms with Crippen LogP contribution < -0.4 is 5.32 Å². The number of nitrogens with one attached hydrogen (secondary N) is 1. The van der Waals surface area contributed by atoms with E-state index in [1.165, 1.54) is 30.9 Å². The molecule has 234 valence electrons. The Bertz CT molecular complexity index is 1460. The van der Waals surface area contributed by atoms with E-state index in [9.17, 15) is 31.5 Å². The van der Waals surface area contributed by atoms with Crippen LogP contribution >= 0.6 is 0 Å². The van der Waals surface area contributed by atoms with Crippen molar-refractivity contribution in [1.29, 1.82) is 0 Å². The van der Waals surface area contributed by atoms with Crippen LogP contribution in [0.25, 0.3) is 11.1 Å². The first-order chi connectivity index (χ1) is 20.1. The van der Waals surface area contributed by atoms with Gasteiger partial charge in [0.1, 0.15) is 0 Å². The smallest absolute Gasteiger partial charge is 0.416 e. The first kappa shape index (κ1) is 34.2. The second-order valence-electron chi connectivity index (χ2n) is 11.2. The number of benzene rings is 2. The number of halogens is 3. The van der Waals surface area contributed by atoms with Crippen molar-refractivity contribution in [3.8, 4) is 11.1 Å². The zero-order valence-corrected chi connectivity index (χ0v) is 25.3. The number of hydrogen-bond acceptors (Lipinski definition) is 6. The highest BCUT2D eigenvalue weighted by Crippen LogP contribution is 2.35. The second-order valence-corrected chi connectivity index (χ2v) is 13.3. The molecule has 2 aromatic carbocycles. The number of pyridine rings is 1. The van der Waals surface area contributed by atoms with E-state index in [0.29, 0.717) is 11.8 Å². The van der Waals surface area contributed by atoms with Crippen LogP contribution in [0.1, 0.15) is 49.9 Å². The molecule has 0 radical (unpaired) electrons. The van der Waals surface area contributed by atoms with E-state index in [1.807, 2.05) is 32.0 Å². The summed E-state index contributed by atoms with van der Waals surface area (Å²) < 4.78 is 68.9. The second kappa shape index (κ2) is 14.4. The number of β-amino-alcohol motifs (C(OH)–C–C–N with tert-alkyl or cyclic N) is 1. The van der Waals surface area contributed by atoms with Gasteiger partial charge in [-0.1, -0.05) is 36.4 Å². The molecule has 0 aliphatic rings. The van der Waals surface area contributed by atoms with Crippen molar-refractivity contribution in [2.75, 3.05) is 20.1 Å². The van der Waals surface area contributed by atoms with Gasteiger partial charge in [0.15, 0.2) is 0 Å². The number of carboxylic acids is 1. The van der Waals surface area contributed by atoms with E-state index in [2.05, 4.69) is 22.4 Å². The van der Waals surface area contributed by atoms with Gasteiger partial charge in [-0.05, 0) is 68.5 Å². The number of alkyl halides is 3. The highest BCUT2D eigenvalue weighted by molar-refractivity contribution is 7.89.